The van der Waals surface area contributed by atoms with Crippen LogP contribution in [0.1, 0.15) is 29.4 Å². The molecule has 0 aliphatic carbocycles. The third-order valence-corrected chi connectivity index (χ3v) is 6.99. The van der Waals surface area contributed by atoms with Gasteiger partial charge in [-0.2, -0.15) is 4.98 Å². The van der Waals surface area contributed by atoms with E-state index >= 15 is 0 Å². The molecule has 0 spiro atoms. The number of amides is 1. The van der Waals surface area contributed by atoms with Gasteiger partial charge in [-0.05, 0) is 58.7 Å². The monoisotopic (exact) mass is 525 g/mol. The first kappa shape index (κ1) is 24.7. The lowest BCUT2D eigenvalue weighted by Gasteiger charge is -2.37. The third-order valence-electron chi connectivity index (χ3n) is 6.99. The van der Waals surface area contributed by atoms with Crippen LogP contribution < -0.4 is 4.74 Å². The molecule has 6 rings (SSSR count). The fraction of sp³-hybridized carbons (Fsp3) is 0.233. The Balaban J connectivity index is 1.11. The number of carboxylic acid groups (broad SMARTS) is 1. The van der Waals surface area contributed by atoms with Gasteiger partial charge in [0.25, 0.3) is 5.89 Å². The summed E-state index contributed by atoms with van der Waals surface area (Å²) in [5.41, 5.74) is 2.13. The summed E-state index contributed by atoms with van der Waals surface area (Å²) in [6.45, 7) is 1.32. The molecular formula is C30H27N3O6. The molecule has 2 aromatic heterocycles. The molecule has 5 aromatic rings. The van der Waals surface area contributed by atoms with Crippen LogP contribution in [0, 0.1) is 0 Å². The number of ether oxygens (including phenoxy) is 2. The standard InChI is InChI=1S/C30H27N3O6/c34-30(35)33-14-13-25(27(17-33)38-18-20-7-8-21-4-1-2-5-23(21)16-20)22-9-11-24(12-10-22)37-19-28-31-29(32-39-28)26-6-3-15-36-26/h1-12,15-16,25,27H,13-14,17-19H2,(H,34,35). The molecule has 2 atom stereocenters. The van der Waals surface area contributed by atoms with Gasteiger partial charge in [-0.25, -0.2) is 4.79 Å². The van der Waals surface area contributed by atoms with E-state index in [0.717, 1.165) is 16.5 Å². The first-order chi connectivity index (χ1) is 19.1. The SMILES string of the molecule is O=C(O)N1CCC(c2ccc(OCc3nc(-c4ccco4)no3)cc2)C(OCc2ccc3ccccc3c2)C1. The number of benzene rings is 3. The van der Waals surface area contributed by atoms with Crippen molar-refractivity contribution in [1.82, 2.24) is 15.0 Å². The van der Waals surface area contributed by atoms with Crippen LogP contribution in [0.15, 0.2) is 94.1 Å². The Kier molecular flexibility index (Phi) is 6.97. The van der Waals surface area contributed by atoms with E-state index in [0.29, 0.717) is 49.3 Å². The fourth-order valence-corrected chi connectivity index (χ4v) is 4.95. The molecule has 39 heavy (non-hydrogen) atoms. The molecule has 9 heteroatoms. The molecule has 9 nitrogen and oxygen atoms in total. The zero-order valence-corrected chi connectivity index (χ0v) is 21.1. The molecule has 0 saturated carbocycles. The second-order valence-corrected chi connectivity index (χ2v) is 9.50. The summed E-state index contributed by atoms with van der Waals surface area (Å²) in [5.74, 6) is 1.96. The number of hydrogen-bond donors (Lipinski definition) is 1. The Hall–Kier alpha value is -4.63. The summed E-state index contributed by atoms with van der Waals surface area (Å²) >= 11 is 0. The lowest BCUT2D eigenvalue weighted by atomic mass is 9.87. The molecule has 0 radical (unpaired) electrons. The predicted octanol–water partition coefficient (Wildman–Crippen LogP) is 6.11. The molecule has 3 aromatic carbocycles. The van der Waals surface area contributed by atoms with Crippen molar-refractivity contribution in [2.45, 2.75) is 31.7 Å². The first-order valence-electron chi connectivity index (χ1n) is 12.8. The van der Waals surface area contributed by atoms with Crippen molar-refractivity contribution in [2.75, 3.05) is 13.1 Å². The van der Waals surface area contributed by atoms with Gasteiger partial charge in [0, 0.05) is 12.5 Å². The molecule has 1 N–H and O–H groups in total. The number of piperidine rings is 1. The van der Waals surface area contributed by atoms with Crippen molar-refractivity contribution >= 4 is 16.9 Å². The van der Waals surface area contributed by atoms with Gasteiger partial charge in [-0.15, -0.1) is 0 Å². The quantitative estimate of drug-likeness (QED) is 0.258. The first-order valence-corrected chi connectivity index (χ1v) is 12.8. The average Bonchev–Trinajstić information content (AvgIpc) is 3.68. The minimum Gasteiger partial charge on any atom is -0.484 e. The van der Waals surface area contributed by atoms with E-state index < -0.39 is 6.09 Å². The van der Waals surface area contributed by atoms with Crippen molar-refractivity contribution in [3.63, 3.8) is 0 Å². The van der Waals surface area contributed by atoms with Crippen LogP contribution in [-0.4, -0.2) is 45.4 Å². The van der Waals surface area contributed by atoms with Crippen LogP contribution in [0.2, 0.25) is 0 Å². The average molecular weight is 526 g/mol. The summed E-state index contributed by atoms with van der Waals surface area (Å²) < 4.78 is 22.7. The minimum absolute atomic E-state index is 0.0573. The van der Waals surface area contributed by atoms with Gasteiger partial charge in [0.15, 0.2) is 12.4 Å². The van der Waals surface area contributed by atoms with E-state index in [2.05, 4.69) is 40.5 Å². The van der Waals surface area contributed by atoms with E-state index in [1.165, 1.54) is 10.3 Å². The molecule has 2 unspecified atom stereocenters. The Morgan fingerprint density at radius 2 is 1.85 bits per heavy atom. The van der Waals surface area contributed by atoms with Gasteiger partial charge in [-0.3, -0.25) is 0 Å². The highest BCUT2D eigenvalue weighted by Gasteiger charge is 2.33. The van der Waals surface area contributed by atoms with Gasteiger partial charge in [0.1, 0.15) is 5.75 Å². The van der Waals surface area contributed by atoms with Crippen LogP contribution in [0.3, 0.4) is 0 Å². The molecule has 1 amide bonds. The largest absolute Gasteiger partial charge is 0.484 e. The Labute approximate surface area is 224 Å². The summed E-state index contributed by atoms with van der Waals surface area (Å²) in [6, 6.07) is 25.8. The summed E-state index contributed by atoms with van der Waals surface area (Å²) in [4.78, 5) is 17.4. The van der Waals surface area contributed by atoms with Crippen LogP contribution in [0.4, 0.5) is 4.79 Å². The van der Waals surface area contributed by atoms with Crippen LogP contribution in [0.5, 0.6) is 5.75 Å². The van der Waals surface area contributed by atoms with E-state index in [4.69, 9.17) is 18.4 Å². The van der Waals surface area contributed by atoms with Crippen molar-refractivity contribution in [1.29, 1.82) is 0 Å². The zero-order valence-electron chi connectivity index (χ0n) is 21.1. The molecule has 1 fully saturated rings. The van der Waals surface area contributed by atoms with Crippen LogP contribution in [0.25, 0.3) is 22.4 Å². The summed E-state index contributed by atoms with van der Waals surface area (Å²) in [5, 5.41) is 15.8. The maximum Gasteiger partial charge on any atom is 0.407 e. The molecule has 198 valence electrons. The number of hydrogen-bond acceptors (Lipinski definition) is 7. The second kappa shape index (κ2) is 11.0. The number of nitrogens with zero attached hydrogens (tertiary/aromatic N) is 3. The third kappa shape index (κ3) is 5.63. The molecule has 1 saturated heterocycles. The number of fused-ring (bicyclic) bond motifs is 1. The lowest BCUT2D eigenvalue weighted by molar-refractivity contribution is -0.0199. The topological polar surface area (TPSA) is 111 Å². The Bertz CT molecular complexity index is 1550. The van der Waals surface area contributed by atoms with Crippen molar-refractivity contribution < 1.29 is 28.3 Å². The van der Waals surface area contributed by atoms with Gasteiger partial charge in [0.2, 0.25) is 5.82 Å². The molecular weight excluding hydrogens is 498 g/mol. The van der Waals surface area contributed by atoms with E-state index in [-0.39, 0.29) is 18.6 Å². The van der Waals surface area contributed by atoms with E-state index in [9.17, 15) is 9.90 Å². The van der Waals surface area contributed by atoms with Gasteiger partial charge in [0.05, 0.1) is 25.5 Å². The highest BCUT2D eigenvalue weighted by atomic mass is 16.5. The number of rotatable bonds is 8. The normalized spacial score (nSPS) is 17.4. The molecule has 1 aliphatic heterocycles. The molecule has 0 bridgehead atoms. The molecule has 1 aliphatic rings. The fourth-order valence-electron chi connectivity index (χ4n) is 4.95. The number of carbonyl (C=O) groups is 1. The Morgan fingerprint density at radius 1 is 1.00 bits per heavy atom. The lowest BCUT2D eigenvalue weighted by Crippen LogP contribution is -2.46. The maximum absolute atomic E-state index is 11.7. The van der Waals surface area contributed by atoms with Gasteiger partial charge in [-0.1, -0.05) is 53.7 Å². The summed E-state index contributed by atoms with van der Waals surface area (Å²) in [6.07, 6.45) is 1.03. The van der Waals surface area contributed by atoms with Crippen molar-refractivity contribution in [2.24, 2.45) is 0 Å². The zero-order chi connectivity index (χ0) is 26.6. The van der Waals surface area contributed by atoms with E-state index in [1.807, 2.05) is 36.4 Å². The Morgan fingerprint density at radius 3 is 2.64 bits per heavy atom. The molecule has 3 heterocycles. The highest BCUT2D eigenvalue weighted by Crippen LogP contribution is 2.32. The summed E-state index contributed by atoms with van der Waals surface area (Å²) in [7, 11) is 0. The number of furan rings is 1. The highest BCUT2D eigenvalue weighted by molar-refractivity contribution is 5.82. The second-order valence-electron chi connectivity index (χ2n) is 9.50. The van der Waals surface area contributed by atoms with Crippen molar-refractivity contribution in [3.8, 4) is 17.3 Å². The number of likely N-dealkylation sites (tertiary alicyclic amines) is 1. The maximum atomic E-state index is 11.7. The van der Waals surface area contributed by atoms with Crippen molar-refractivity contribution in [3.05, 3.63) is 102 Å². The van der Waals surface area contributed by atoms with E-state index in [1.54, 1.807) is 18.4 Å². The van der Waals surface area contributed by atoms with Gasteiger partial charge >= 0.3 is 6.09 Å². The predicted molar refractivity (Wildman–Crippen MR) is 142 cm³/mol. The number of aromatic nitrogens is 2. The van der Waals surface area contributed by atoms with Crippen LogP contribution in [-0.2, 0) is 18.0 Å². The minimum atomic E-state index is -0.923. The van der Waals surface area contributed by atoms with Gasteiger partial charge < -0.3 is 28.4 Å². The smallest absolute Gasteiger partial charge is 0.407 e. The van der Waals surface area contributed by atoms with Crippen LogP contribution >= 0.6 is 0 Å².